The Morgan fingerprint density at radius 1 is 1.13 bits per heavy atom. The lowest BCUT2D eigenvalue weighted by Crippen LogP contribution is -2.29. The van der Waals surface area contributed by atoms with E-state index in [2.05, 4.69) is 27.8 Å². The molecular formula is C12H17N3. The van der Waals surface area contributed by atoms with E-state index in [0.717, 1.165) is 19.5 Å². The van der Waals surface area contributed by atoms with Crippen LogP contribution in [0.3, 0.4) is 0 Å². The molecule has 0 radical (unpaired) electrons. The van der Waals surface area contributed by atoms with Gasteiger partial charge in [0.2, 0.25) is 0 Å². The number of aliphatic imine (C=N–C) groups is 1. The van der Waals surface area contributed by atoms with Gasteiger partial charge in [-0.2, -0.15) is 0 Å². The van der Waals surface area contributed by atoms with E-state index < -0.39 is 0 Å². The standard InChI is InChI=1S/C12H17N3/c1-2-9-4-5-11(8-10(9)3-1)15-12-13-6-7-14-12/h4,8,12-14H,1-3,5-7H2. The molecule has 3 aliphatic rings. The summed E-state index contributed by atoms with van der Waals surface area (Å²) in [7, 11) is 0. The number of fused-ring (bicyclic) bond motifs is 1. The summed E-state index contributed by atoms with van der Waals surface area (Å²) < 4.78 is 0. The van der Waals surface area contributed by atoms with Crippen LogP contribution in [0.2, 0.25) is 0 Å². The maximum absolute atomic E-state index is 4.67. The lowest BCUT2D eigenvalue weighted by molar-refractivity contribution is 0.580. The molecule has 1 aliphatic heterocycles. The molecular weight excluding hydrogens is 186 g/mol. The van der Waals surface area contributed by atoms with Gasteiger partial charge >= 0.3 is 0 Å². The van der Waals surface area contributed by atoms with E-state index in [1.807, 2.05) is 0 Å². The molecule has 0 bridgehead atoms. The molecule has 3 rings (SSSR count). The van der Waals surface area contributed by atoms with Crippen molar-refractivity contribution in [1.82, 2.24) is 10.6 Å². The van der Waals surface area contributed by atoms with Crippen molar-refractivity contribution in [2.24, 2.45) is 4.99 Å². The third-order valence-electron chi connectivity index (χ3n) is 3.30. The van der Waals surface area contributed by atoms with Gasteiger partial charge in [0.05, 0.1) is 0 Å². The summed E-state index contributed by atoms with van der Waals surface area (Å²) >= 11 is 0. The molecule has 1 heterocycles. The molecule has 3 heteroatoms. The Balaban J connectivity index is 1.76. The predicted octanol–water partition coefficient (Wildman–Crippen LogP) is 1.34. The normalized spacial score (nSPS) is 29.2. The fourth-order valence-electron chi connectivity index (χ4n) is 2.51. The Morgan fingerprint density at radius 3 is 2.80 bits per heavy atom. The molecule has 80 valence electrons. The lowest BCUT2D eigenvalue weighted by atomic mass is 9.99. The molecule has 0 atom stereocenters. The van der Waals surface area contributed by atoms with E-state index in [0.29, 0.717) is 0 Å². The largest absolute Gasteiger partial charge is 0.282 e. The smallest absolute Gasteiger partial charge is 0.153 e. The van der Waals surface area contributed by atoms with E-state index >= 15 is 0 Å². The second-order valence-corrected chi connectivity index (χ2v) is 4.39. The SMILES string of the molecule is C1=C2CCCC2=CC(=NC2NCCN2)C1. The molecule has 0 aromatic heterocycles. The van der Waals surface area contributed by atoms with Gasteiger partial charge in [0.15, 0.2) is 6.29 Å². The van der Waals surface area contributed by atoms with Crippen LogP contribution < -0.4 is 10.6 Å². The zero-order valence-electron chi connectivity index (χ0n) is 8.92. The van der Waals surface area contributed by atoms with Crippen LogP contribution in [0.25, 0.3) is 0 Å². The van der Waals surface area contributed by atoms with Crippen molar-refractivity contribution >= 4 is 5.71 Å². The number of hydrogen-bond acceptors (Lipinski definition) is 3. The Morgan fingerprint density at radius 2 is 1.93 bits per heavy atom. The van der Waals surface area contributed by atoms with Gasteiger partial charge in [-0.25, -0.2) is 0 Å². The minimum atomic E-state index is 0.146. The van der Waals surface area contributed by atoms with Gasteiger partial charge in [0.1, 0.15) is 0 Å². The fourth-order valence-corrected chi connectivity index (χ4v) is 2.51. The number of nitrogens with zero attached hydrogens (tertiary/aromatic N) is 1. The van der Waals surface area contributed by atoms with Gasteiger partial charge in [-0.3, -0.25) is 15.6 Å². The molecule has 0 aromatic carbocycles. The number of nitrogens with one attached hydrogen (secondary N) is 2. The zero-order valence-corrected chi connectivity index (χ0v) is 8.92. The summed E-state index contributed by atoms with van der Waals surface area (Å²) in [5.41, 5.74) is 4.32. The van der Waals surface area contributed by atoms with Crippen LogP contribution in [-0.2, 0) is 0 Å². The van der Waals surface area contributed by atoms with E-state index in [1.54, 1.807) is 5.57 Å². The van der Waals surface area contributed by atoms with E-state index in [4.69, 9.17) is 0 Å². The van der Waals surface area contributed by atoms with Crippen molar-refractivity contribution in [2.45, 2.75) is 32.0 Å². The van der Waals surface area contributed by atoms with Crippen molar-refractivity contribution in [2.75, 3.05) is 13.1 Å². The maximum Gasteiger partial charge on any atom is 0.153 e. The summed E-state index contributed by atoms with van der Waals surface area (Å²) in [5, 5.41) is 6.63. The molecule has 0 amide bonds. The van der Waals surface area contributed by atoms with E-state index in [9.17, 15) is 0 Å². The van der Waals surface area contributed by atoms with Crippen molar-refractivity contribution in [3.05, 3.63) is 23.3 Å². The van der Waals surface area contributed by atoms with Crippen LogP contribution in [-0.4, -0.2) is 25.1 Å². The van der Waals surface area contributed by atoms with Crippen LogP contribution in [0.5, 0.6) is 0 Å². The topological polar surface area (TPSA) is 36.4 Å². The Hall–Kier alpha value is -0.930. The third kappa shape index (κ3) is 1.90. The highest BCUT2D eigenvalue weighted by Crippen LogP contribution is 2.33. The lowest BCUT2D eigenvalue weighted by Gasteiger charge is -2.12. The second kappa shape index (κ2) is 3.91. The number of hydrogen-bond donors (Lipinski definition) is 2. The van der Waals surface area contributed by atoms with Crippen molar-refractivity contribution in [1.29, 1.82) is 0 Å². The first-order valence-corrected chi connectivity index (χ1v) is 5.85. The molecule has 15 heavy (non-hydrogen) atoms. The average Bonchev–Trinajstić information content (AvgIpc) is 2.87. The molecule has 2 fully saturated rings. The van der Waals surface area contributed by atoms with E-state index in [1.165, 1.54) is 30.5 Å². The summed E-state index contributed by atoms with van der Waals surface area (Å²) in [4.78, 5) is 4.67. The fraction of sp³-hybridized carbons (Fsp3) is 0.583. The van der Waals surface area contributed by atoms with Crippen molar-refractivity contribution in [3.8, 4) is 0 Å². The average molecular weight is 203 g/mol. The molecule has 0 spiro atoms. The van der Waals surface area contributed by atoms with E-state index in [-0.39, 0.29) is 6.29 Å². The van der Waals surface area contributed by atoms with Crippen LogP contribution in [0, 0.1) is 0 Å². The van der Waals surface area contributed by atoms with Crippen molar-refractivity contribution < 1.29 is 0 Å². The van der Waals surface area contributed by atoms with Crippen LogP contribution in [0.4, 0.5) is 0 Å². The summed E-state index contributed by atoms with van der Waals surface area (Å²) in [5.74, 6) is 0. The molecule has 2 N–H and O–H groups in total. The van der Waals surface area contributed by atoms with Crippen LogP contribution in [0.1, 0.15) is 25.7 Å². The first kappa shape index (κ1) is 9.31. The quantitative estimate of drug-likeness (QED) is 0.675. The zero-order chi connectivity index (χ0) is 10.1. The van der Waals surface area contributed by atoms with Gasteiger partial charge in [0, 0.05) is 25.2 Å². The molecule has 1 saturated carbocycles. The van der Waals surface area contributed by atoms with Gasteiger partial charge < -0.3 is 0 Å². The van der Waals surface area contributed by atoms with Gasteiger partial charge in [-0.1, -0.05) is 6.08 Å². The van der Waals surface area contributed by atoms with Gasteiger partial charge in [-0.05, 0) is 36.5 Å². The highest BCUT2D eigenvalue weighted by molar-refractivity contribution is 5.98. The monoisotopic (exact) mass is 203 g/mol. The summed E-state index contributed by atoms with van der Waals surface area (Å²) in [6.07, 6.45) is 9.66. The Bertz CT molecular complexity index is 346. The highest BCUT2D eigenvalue weighted by Gasteiger charge is 2.18. The predicted molar refractivity (Wildman–Crippen MR) is 61.9 cm³/mol. The molecule has 3 nitrogen and oxygen atoms in total. The third-order valence-corrected chi connectivity index (χ3v) is 3.30. The molecule has 0 aromatic rings. The van der Waals surface area contributed by atoms with Gasteiger partial charge in [-0.15, -0.1) is 0 Å². The first-order chi connectivity index (χ1) is 7.42. The number of rotatable bonds is 1. The molecule has 2 aliphatic carbocycles. The number of allylic oxidation sites excluding steroid dienone is 4. The minimum Gasteiger partial charge on any atom is -0.282 e. The second-order valence-electron chi connectivity index (χ2n) is 4.39. The molecule has 0 unspecified atom stereocenters. The Labute approximate surface area is 90.4 Å². The van der Waals surface area contributed by atoms with Gasteiger partial charge in [0.25, 0.3) is 0 Å². The van der Waals surface area contributed by atoms with Crippen LogP contribution in [0.15, 0.2) is 28.3 Å². The summed E-state index contributed by atoms with van der Waals surface area (Å²) in [6.45, 7) is 2.05. The summed E-state index contributed by atoms with van der Waals surface area (Å²) in [6, 6.07) is 0. The minimum absolute atomic E-state index is 0.146. The Kier molecular flexibility index (Phi) is 2.43. The maximum atomic E-state index is 4.67. The highest BCUT2D eigenvalue weighted by atomic mass is 15.3. The van der Waals surface area contributed by atoms with Crippen molar-refractivity contribution in [3.63, 3.8) is 0 Å². The van der Waals surface area contributed by atoms with Crippen LogP contribution >= 0.6 is 0 Å². The first-order valence-electron chi connectivity index (χ1n) is 5.85. The molecule has 1 saturated heterocycles.